The Morgan fingerprint density at radius 3 is 2.24 bits per heavy atom. The Hall–Kier alpha value is -0.610. The van der Waals surface area contributed by atoms with Gasteiger partial charge in [-0.3, -0.25) is 4.79 Å². The maximum Gasteiger partial charge on any atom is 0.305 e. The van der Waals surface area contributed by atoms with E-state index in [1.165, 1.54) is 7.11 Å². The highest BCUT2D eigenvalue weighted by molar-refractivity contribution is 5.68. The monoisotopic (exact) mass is 246 g/mol. The van der Waals surface area contributed by atoms with E-state index in [0.29, 0.717) is 25.7 Å². The molecule has 0 saturated carbocycles. The lowest BCUT2D eigenvalue weighted by Crippen LogP contribution is -2.18. The van der Waals surface area contributed by atoms with Crippen molar-refractivity contribution in [3.63, 3.8) is 0 Å². The summed E-state index contributed by atoms with van der Waals surface area (Å²) in [6.07, 6.45) is 4.96. The molecule has 0 aromatic rings. The summed E-state index contributed by atoms with van der Waals surface area (Å²) in [6, 6.07) is 0. The molecule has 0 aromatic carbocycles. The van der Waals surface area contributed by atoms with Crippen molar-refractivity contribution >= 4 is 5.97 Å². The number of unbranched alkanes of at least 4 members (excludes halogenated alkanes) is 2. The number of methoxy groups -OCH3 is 1. The van der Waals surface area contributed by atoms with E-state index < -0.39 is 12.2 Å². The van der Waals surface area contributed by atoms with Crippen LogP contribution in [0.4, 0.5) is 0 Å². The van der Waals surface area contributed by atoms with Gasteiger partial charge in [0, 0.05) is 6.42 Å². The fraction of sp³-hybridized carbons (Fsp3) is 0.923. The van der Waals surface area contributed by atoms with Crippen LogP contribution in [0.5, 0.6) is 0 Å². The smallest absolute Gasteiger partial charge is 0.305 e. The summed E-state index contributed by atoms with van der Waals surface area (Å²) in [7, 11) is 1.36. The van der Waals surface area contributed by atoms with Crippen LogP contribution in [0.3, 0.4) is 0 Å². The number of hydrogen-bond donors (Lipinski definition) is 2. The Morgan fingerprint density at radius 1 is 1.12 bits per heavy atom. The van der Waals surface area contributed by atoms with Crippen LogP contribution in [0.1, 0.15) is 58.3 Å². The number of hydrogen-bond acceptors (Lipinski definition) is 4. The number of carbonyl (C=O) groups is 1. The average Bonchev–Trinajstić information content (AvgIpc) is 2.29. The molecule has 0 spiro atoms. The van der Waals surface area contributed by atoms with Gasteiger partial charge in [0.15, 0.2) is 0 Å². The minimum absolute atomic E-state index is 0.249. The van der Waals surface area contributed by atoms with Crippen molar-refractivity contribution in [2.24, 2.45) is 0 Å². The Balaban J connectivity index is 3.49. The van der Waals surface area contributed by atoms with Gasteiger partial charge in [0.1, 0.15) is 0 Å². The summed E-state index contributed by atoms with van der Waals surface area (Å²) in [4.78, 5) is 10.8. The molecule has 0 aliphatic heterocycles. The van der Waals surface area contributed by atoms with Crippen molar-refractivity contribution in [3.8, 4) is 0 Å². The molecule has 0 fully saturated rings. The van der Waals surface area contributed by atoms with Crippen LogP contribution in [0, 0.1) is 0 Å². The molecular weight excluding hydrogens is 220 g/mol. The van der Waals surface area contributed by atoms with Crippen molar-refractivity contribution in [2.45, 2.75) is 70.5 Å². The topological polar surface area (TPSA) is 66.8 Å². The summed E-state index contributed by atoms with van der Waals surface area (Å²) in [5.74, 6) is -0.249. The molecule has 0 aromatic heterocycles. The maximum atomic E-state index is 10.8. The minimum Gasteiger partial charge on any atom is -0.469 e. The van der Waals surface area contributed by atoms with Gasteiger partial charge in [-0.05, 0) is 25.7 Å². The van der Waals surface area contributed by atoms with Crippen molar-refractivity contribution in [1.29, 1.82) is 0 Å². The van der Waals surface area contributed by atoms with Crippen molar-refractivity contribution < 1.29 is 19.7 Å². The highest BCUT2D eigenvalue weighted by Gasteiger charge is 2.12. The van der Waals surface area contributed by atoms with Gasteiger partial charge in [-0.2, -0.15) is 0 Å². The normalized spacial score (nSPS) is 14.4. The zero-order chi connectivity index (χ0) is 13.1. The lowest BCUT2D eigenvalue weighted by atomic mass is 10.0. The van der Waals surface area contributed by atoms with Crippen molar-refractivity contribution in [2.75, 3.05) is 7.11 Å². The summed E-state index contributed by atoms with van der Waals surface area (Å²) < 4.78 is 4.51. The van der Waals surface area contributed by atoms with Gasteiger partial charge >= 0.3 is 5.97 Å². The van der Waals surface area contributed by atoms with Crippen LogP contribution in [0.25, 0.3) is 0 Å². The second-order valence-corrected chi connectivity index (χ2v) is 4.51. The summed E-state index contributed by atoms with van der Waals surface area (Å²) in [5, 5.41) is 19.3. The van der Waals surface area contributed by atoms with Crippen LogP contribution >= 0.6 is 0 Å². The van der Waals surface area contributed by atoms with Crippen LogP contribution in [0.15, 0.2) is 0 Å². The number of aliphatic hydroxyl groups is 2. The molecule has 0 rings (SSSR count). The average molecular weight is 246 g/mol. The quantitative estimate of drug-likeness (QED) is 0.457. The molecule has 0 unspecified atom stereocenters. The predicted molar refractivity (Wildman–Crippen MR) is 66.6 cm³/mol. The van der Waals surface area contributed by atoms with Gasteiger partial charge in [0.2, 0.25) is 0 Å². The van der Waals surface area contributed by atoms with E-state index in [1.54, 1.807) is 0 Å². The SMILES string of the molecule is CCCCC[C@@H](O)C[C@H](O)CCCC(=O)OC. The molecule has 2 atom stereocenters. The molecule has 0 heterocycles. The summed E-state index contributed by atoms with van der Waals surface area (Å²) in [6.45, 7) is 2.12. The first-order chi connectivity index (χ1) is 8.10. The van der Waals surface area contributed by atoms with Crippen LogP contribution in [-0.2, 0) is 9.53 Å². The van der Waals surface area contributed by atoms with Gasteiger partial charge < -0.3 is 14.9 Å². The molecule has 4 heteroatoms. The first kappa shape index (κ1) is 16.4. The molecule has 0 saturated heterocycles. The van der Waals surface area contributed by atoms with Gasteiger partial charge in [-0.1, -0.05) is 26.2 Å². The molecule has 0 radical (unpaired) electrons. The highest BCUT2D eigenvalue weighted by Crippen LogP contribution is 2.12. The Bertz CT molecular complexity index is 194. The van der Waals surface area contributed by atoms with E-state index in [9.17, 15) is 15.0 Å². The number of carbonyl (C=O) groups excluding carboxylic acids is 1. The zero-order valence-electron chi connectivity index (χ0n) is 11.0. The minimum atomic E-state index is -0.517. The fourth-order valence-electron chi connectivity index (χ4n) is 1.76. The van der Waals surface area contributed by atoms with E-state index >= 15 is 0 Å². The van der Waals surface area contributed by atoms with Crippen molar-refractivity contribution in [3.05, 3.63) is 0 Å². The third kappa shape index (κ3) is 10.3. The lowest BCUT2D eigenvalue weighted by Gasteiger charge is -2.15. The second-order valence-electron chi connectivity index (χ2n) is 4.51. The van der Waals surface area contributed by atoms with Gasteiger partial charge in [0.25, 0.3) is 0 Å². The predicted octanol–water partition coefficient (Wildman–Crippen LogP) is 2.02. The molecule has 0 bridgehead atoms. The summed E-state index contributed by atoms with van der Waals surface area (Å²) >= 11 is 0. The Morgan fingerprint density at radius 2 is 1.71 bits per heavy atom. The highest BCUT2D eigenvalue weighted by atomic mass is 16.5. The van der Waals surface area contributed by atoms with E-state index in [2.05, 4.69) is 11.7 Å². The number of ether oxygens (including phenoxy) is 1. The van der Waals surface area contributed by atoms with E-state index in [1.807, 2.05) is 0 Å². The standard InChI is InChI=1S/C13H26O4/c1-3-4-5-7-11(14)10-12(15)8-6-9-13(16)17-2/h11-12,14-15H,3-10H2,1-2H3/t11-,12-/m1/s1. The molecule has 0 aliphatic carbocycles. The molecule has 4 nitrogen and oxygen atoms in total. The molecule has 2 N–H and O–H groups in total. The Kier molecular flexibility index (Phi) is 10.2. The van der Waals surface area contributed by atoms with E-state index in [4.69, 9.17) is 0 Å². The number of aliphatic hydroxyl groups excluding tert-OH is 2. The molecule has 17 heavy (non-hydrogen) atoms. The van der Waals surface area contributed by atoms with E-state index in [-0.39, 0.29) is 5.97 Å². The van der Waals surface area contributed by atoms with Crippen LogP contribution < -0.4 is 0 Å². The summed E-state index contributed by atoms with van der Waals surface area (Å²) in [5.41, 5.74) is 0. The number of rotatable bonds is 10. The number of esters is 1. The lowest BCUT2D eigenvalue weighted by molar-refractivity contribution is -0.140. The van der Waals surface area contributed by atoms with Crippen LogP contribution in [-0.4, -0.2) is 35.5 Å². The maximum absolute atomic E-state index is 10.8. The molecule has 0 aliphatic rings. The zero-order valence-corrected chi connectivity index (χ0v) is 11.0. The van der Waals surface area contributed by atoms with Gasteiger partial charge in [-0.25, -0.2) is 0 Å². The molecular formula is C13H26O4. The van der Waals surface area contributed by atoms with Gasteiger partial charge in [0.05, 0.1) is 19.3 Å². The fourth-order valence-corrected chi connectivity index (χ4v) is 1.76. The third-order valence-electron chi connectivity index (χ3n) is 2.83. The first-order valence-electron chi connectivity index (χ1n) is 6.53. The Labute approximate surface area is 104 Å². The largest absolute Gasteiger partial charge is 0.469 e. The molecule has 0 amide bonds. The van der Waals surface area contributed by atoms with Gasteiger partial charge in [-0.15, -0.1) is 0 Å². The van der Waals surface area contributed by atoms with Crippen LogP contribution in [0.2, 0.25) is 0 Å². The van der Waals surface area contributed by atoms with Crippen molar-refractivity contribution in [1.82, 2.24) is 0 Å². The second kappa shape index (κ2) is 10.5. The van der Waals surface area contributed by atoms with E-state index in [0.717, 1.165) is 25.7 Å². The third-order valence-corrected chi connectivity index (χ3v) is 2.83. The molecule has 102 valence electrons. The first-order valence-corrected chi connectivity index (χ1v) is 6.53.